The first-order valence-corrected chi connectivity index (χ1v) is 6.96. The van der Waals surface area contributed by atoms with Crippen molar-refractivity contribution in [2.24, 2.45) is 0 Å². The molecule has 0 unspecified atom stereocenters. The molecule has 0 bridgehead atoms. The summed E-state index contributed by atoms with van der Waals surface area (Å²) < 4.78 is 6.60. The molecule has 112 valence electrons. The number of fused-ring (bicyclic) bond motifs is 1. The van der Waals surface area contributed by atoms with Gasteiger partial charge in [0.1, 0.15) is 5.69 Å². The van der Waals surface area contributed by atoms with Gasteiger partial charge < -0.3 is 4.74 Å². The summed E-state index contributed by atoms with van der Waals surface area (Å²) in [5, 5.41) is 3.06. The maximum absolute atomic E-state index is 12.2. The average molecular weight is 297 g/mol. The molecule has 22 heavy (non-hydrogen) atoms. The summed E-state index contributed by atoms with van der Waals surface area (Å²) in [4.78, 5) is 28.5. The van der Waals surface area contributed by atoms with Crippen LogP contribution in [0.3, 0.4) is 0 Å². The quantitative estimate of drug-likeness (QED) is 0.752. The van der Waals surface area contributed by atoms with Crippen molar-refractivity contribution in [2.75, 3.05) is 6.61 Å². The predicted octanol–water partition coefficient (Wildman–Crippen LogP) is 2.17. The fourth-order valence-corrected chi connectivity index (χ4v) is 2.37. The van der Waals surface area contributed by atoms with E-state index in [4.69, 9.17) is 4.74 Å². The monoisotopic (exact) mass is 297 g/mol. The summed E-state index contributed by atoms with van der Waals surface area (Å²) in [6.07, 6.45) is 0. The third-order valence-corrected chi connectivity index (χ3v) is 3.25. The Morgan fingerprint density at radius 2 is 2.05 bits per heavy atom. The van der Waals surface area contributed by atoms with Crippen LogP contribution in [0.2, 0.25) is 0 Å². The highest BCUT2D eigenvalue weighted by Gasteiger charge is 2.23. The lowest BCUT2D eigenvalue weighted by atomic mass is 10.1. The normalized spacial score (nSPS) is 10.8. The van der Waals surface area contributed by atoms with E-state index in [0.29, 0.717) is 11.4 Å². The molecule has 0 fully saturated rings. The minimum Gasteiger partial charge on any atom is -0.461 e. The predicted molar refractivity (Wildman–Crippen MR) is 81.9 cm³/mol. The number of carbonyl (C=O) groups excluding carboxylic acids is 1. The van der Waals surface area contributed by atoms with Crippen LogP contribution in [0.4, 0.5) is 0 Å². The number of hydrogen-bond donors (Lipinski definition) is 1. The molecular formula is C16H15N3O3. The van der Waals surface area contributed by atoms with Gasteiger partial charge in [0.2, 0.25) is 11.1 Å². The number of nitrogens with one attached hydrogen (secondary N) is 1. The first-order valence-electron chi connectivity index (χ1n) is 6.96. The maximum atomic E-state index is 12.2. The first-order chi connectivity index (χ1) is 10.6. The molecule has 2 heterocycles. The Labute approximate surface area is 126 Å². The number of rotatable bonds is 3. The van der Waals surface area contributed by atoms with E-state index >= 15 is 0 Å². The van der Waals surface area contributed by atoms with Gasteiger partial charge in [0.05, 0.1) is 6.61 Å². The number of H-pyrrole nitrogens is 1. The van der Waals surface area contributed by atoms with Crippen molar-refractivity contribution < 1.29 is 9.53 Å². The minimum absolute atomic E-state index is 0.131. The fourth-order valence-electron chi connectivity index (χ4n) is 2.37. The Balaban J connectivity index is 2.37. The molecular weight excluding hydrogens is 282 g/mol. The molecule has 2 aromatic heterocycles. The molecule has 0 saturated heterocycles. The highest BCUT2D eigenvalue weighted by molar-refractivity contribution is 5.95. The Hall–Kier alpha value is -2.89. The Morgan fingerprint density at radius 3 is 2.73 bits per heavy atom. The molecule has 6 nitrogen and oxygen atoms in total. The highest BCUT2D eigenvalue weighted by Crippen LogP contribution is 2.24. The van der Waals surface area contributed by atoms with Crippen molar-refractivity contribution in [1.29, 1.82) is 0 Å². The molecule has 1 N–H and O–H groups in total. The second-order valence-electron chi connectivity index (χ2n) is 4.86. The van der Waals surface area contributed by atoms with Gasteiger partial charge in [-0.2, -0.15) is 0 Å². The van der Waals surface area contributed by atoms with E-state index in [1.807, 2.05) is 30.3 Å². The number of nitrogens with zero attached hydrogens (tertiary/aromatic N) is 2. The van der Waals surface area contributed by atoms with Crippen molar-refractivity contribution in [1.82, 2.24) is 14.6 Å². The number of carbonyl (C=O) groups is 1. The summed E-state index contributed by atoms with van der Waals surface area (Å²) in [6.45, 7) is 3.75. The van der Waals surface area contributed by atoms with Crippen molar-refractivity contribution >= 4 is 11.6 Å². The summed E-state index contributed by atoms with van der Waals surface area (Å²) in [7, 11) is 0. The maximum Gasteiger partial charge on any atom is 0.359 e. The highest BCUT2D eigenvalue weighted by atomic mass is 16.5. The van der Waals surface area contributed by atoms with Crippen LogP contribution in [-0.4, -0.2) is 27.2 Å². The second kappa shape index (κ2) is 5.48. The topological polar surface area (TPSA) is 76.5 Å². The molecule has 0 radical (unpaired) electrons. The van der Waals surface area contributed by atoms with Crippen molar-refractivity contribution in [3.8, 4) is 11.3 Å². The number of hydrogen-bond acceptors (Lipinski definition) is 4. The first kappa shape index (κ1) is 14.1. The van der Waals surface area contributed by atoms with Gasteiger partial charge in [-0.3, -0.25) is 9.89 Å². The standard InChI is InChI=1S/C16H15N3O3/c1-3-22-16(21)13-14(11-7-5-4-6-8-11)19-15(17-13)12(20)9-10(2)18-19/h4-9,18H,3H2,1-2H3. The Kier molecular flexibility index (Phi) is 3.50. The SMILES string of the molecule is CCOC(=O)c1nc2c(=O)cc(C)[nH]n2c1-c1ccccc1. The van der Waals surface area contributed by atoms with Gasteiger partial charge in [-0.25, -0.2) is 14.3 Å². The Bertz CT molecular complexity index is 894. The van der Waals surface area contributed by atoms with Crippen LogP contribution in [0.5, 0.6) is 0 Å². The molecule has 0 saturated carbocycles. The van der Waals surface area contributed by atoms with E-state index in [1.54, 1.807) is 18.4 Å². The largest absolute Gasteiger partial charge is 0.461 e. The number of aromatic amines is 1. The molecule has 1 aromatic carbocycles. The van der Waals surface area contributed by atoms with Crippen LogP contribution in [0, 0.1) is 6.92 Å². The molecule has 3 aromatic rings. The van der Waals surface area contributed by atoms with Crippen LogP contribution in [0.15, 0.2) is 41.2 Å². The summed E-state index contributed by atoms with van der Waals surface area (Å²) in [5.41, 5.74) is 2.04. The van der Waals surface area contributed by atoms with E-state index in [1.165, 1.54) is 6.07 Å². The van der Waals surface area contributed by atoms with Crippen molar-refractivity contribution in [3.63, 3.8) is 0 Å². The second-order valence-corrected chi connectivity index (χ2v) is 4.86. The van der Waals surface area contributed by atoms with Crippen molar-refractivity contribution in [3.05, 3.63) is 58.0 Å². The summed E-state index contributed by atoms with van der Waals surface area (Å²) in [5.74, 6) is -0.546. The zero-order valence-electron chi connectivity index (χ0n) is 12.3. The Morgan fingerprint density at radius 1 is 1.32 bits per heavy atom. The lowest BCUT2D eigenvalue weighted by Gasteiger charge is -2.05. The van der Waals surface area contributed by atoms with Gasteiger partial charge in [-0.05, 0) is 13.8 Å². The molecule has 0 aliphatic carbocycles. The zero-order valence-corrected chi connectivity index (χ0v) is 12.3. The van der Waals surface area contributed by atoms with E-state index in [2.05, 4.69) is 10.1 Å². The average Bonchev–Trinajstić information content (AvgIpc) is 2.88. The number of aromatic nitrogens is 3. The van der Waals surface area contributed by atoms with Gasteiger partial charge in [-0.1, -0.05) is 30.3 Å². The fraction of sp³-hybridized carbons (Fsp3) is 0.188. The van der Waals surface area contributed by atoms with Crippen LogP contribution in [0.1, 0.15) is 23.1 Å². The van der Waals surface area contributed by atoms with Crippen LogP contribution < -0.4 is 5.43 Å². The lowest BCUT2D eigenvalue weighted by Crippen LogP contribution is -2.09. The molecule has 0 atom stereocenters. The van der Waals surface area contributed by atoms with Gasteiger partial charge in [0.15, 0.2) is 5.69 Å². The van der Waals surface area contributed by atoms with E-state index in [9.17, 15) is 9.59 Å². The molecule has 0 amide bonds. The van der Waals surface area contributed by atoms with Gasteiger partial charge in [-0.15, -0.1) is 0 Å². The number of ether oxygens (including phenoxy) is 1. The smallest absolute Gasteiger partial charge is 0.359 e. The van der Waals surface area contributed by atoms with E-state index < -0.39 is 5.97 Å². The lowest BCUT2D eigenvalue weighted by molar-refractivity contribution is 0.0521. The summed E-state index contributed by atoms with van der Waals surface area (Å²) in [6, 6.07) is 10.8. The zero-order chi connectivity index (χ0) is 15.7. The minimum atomic E-state index is -0.546. The molecule has 0 aliphatic heterocycles. The van der Waals surface area contributed by atoms with E-state index in [0.717, 1.165) is 5.56 Å². The number of imidazole rings is 1. The molecule has 0 aliphatic rings. The molecule has 3 rings (SSSR count). The van der Waals surface area contributed by atoms with Gasteiger partial charge in [0.25, 0.3) is 0 Å². The van der Waals surface area contributed by atoms with Gasteiger partial charge in [0, 0.05) is 17.3 Å². The van der Waals surface area contributed by atoms with Crippen LogP contribution in [-0.2, 0) is 4.74 Å². The van der Waals surface area contributed by atoms with Gasteiger partial charge >= 0.3 is 5.97 Å². The molecule has 0 spiro atoms. The number of aryl methyl sites for hydroxylation is 1. The molecule has 6 heteroatoms. The van der Waals surface area contributed by atoms with Crippen molar-refractivity contribution in [2.45, 2.75) is 13.8 Å². The number of benzene rings is 1. The number of esters is 1. The summed E-state index contributed by atoms with van der Waals surface area (Å²) >= 11 is 0. The third-order valence-electron chi connectivity index (χ3n) is 3.25. The third kappa shape index (κ3) is 2.28. The van der Waals surface area contributed by atoms with E-state index in [-0.39, 0.29) is 23.4 Å². The van der Waals surface area contributed by atoms with Crippen LogP contribution in [0.25, 0.3) is 16.9 Å². The van der Waals surface area contributed by atoms with Crippen LogP contribution >= 0.6 is 0 Å².